The fourth-order valence-electron chi connectivity index (χ4n) is 12.0. The molecule has 1 aliphatic rings. The largest absolute Gasteiger partial charge is 0.310 e. The van der Waals surface area contributed by atoms with Crippen molar-refractivity contribution in [3.63, 3.8) is 0 Å². The smallest absolute Gasteiger partial charge is 0.0714 e. The van der Waals surface area contributed by atoms with Crippen LogP contribution in [0.25, 0.3) is 60.5 Å². The first-order valence-electron chi connectivity index (χ1n) is 25.5. The molecule has 1 aromatic heterocycles. The molecular formula is C71H49N3. The number of aromatic nitrogens is 1. The number of rotatable bonds is 10. The highest BCUT2D eigenvalue weighted by molar-refractivity contribution is 6.18. The average Bonchev–Trinajstić information content (AvgIpc) is 3.96. The van der Waals surface area contributed by atoms with Gasteiger partial charge in [0.25, 0.3) is 0 Å². The molecule has 0 unspecified atom stereocenters. The summed E-state index contributed by atoms with van der Waals surface area (Å²) in [7, 11) is 0. The Balaban J connectivity index is 1.09. The molecule has 0 saturated heterocycles. The van der Waals surface area contributed by atoms with E-state index in [-0.39, 0.29) is 0 Å². The molecule has 3 heteroatoms. The standard InChI is InChI=1S/C71H49N3/c1-7-24-50(25-8-1)51-28-23-39-59(44-51)74-67-41-22-21-40-63(67)70-68(73(57-35-15-5-16-36-57)58-37-17-6-18-38-58)48-61(49-69(70)74)72(56-33-13-4-14-34-56)60-42-43-62-64-45-52-26-19-20-27-53(52)46-65(64)71(66(62)47-60,54-29-9-2-10-30-54)55-31-11-3-12-32-55/h1-49H. The molecule has 3 nitrogen and oxygen atoms in total. The van der Waals surface area contributed by atoms with Crippen molar-refractivity contribution in [3.05, 3.63) is 320 Å². The normalized spacial score (nSPS) is 12.4. The Labute approximate surface area is 431 Å². The van der Waals surface area contributed by atoms with E-state index in [2.05, 4.69) is 312 Å². The fraction of sp³-hybridized carbons (Fsp3) is 0.0141. The lowest BCUT2D eigenvalue weighted by Gasteiger charge is -2.35. The summed E-state index contributed by atoms with van der Waals surface area (Å²) in [5.41, 5.74) is 19.0. The first kappa shape index (κ1) is 43.1. The maximum Gasteiger partial charge on any atom is 0.0714 e. The van der Waals surface area contributed by atoms with Crippen molar-refractivity contribution in [2.45, 2.75) is 5.41 Å². The lowest BCUT2D eigenvalue weighted by molar-refractivity contribution is 0.769. The monoisotopic (exact) mass is 943 g/mol. The van der Waals surface area contributed by atoms with E-state index in [9.17, 15) is 0 Å². The Hall–Kier alpha value is -9.70. The maximum absolute atomic E-state index is 2.49. The summed E-state index contributed by atoms with van der Waals surface area (Å²) in [6.45, 7) is 0. The van der Waals surface area contributed by atoms with Gasteiger partial charge in [0.15, 0.2) is 0 Å². The lowest BCUT2D eigenvalue weighted by Crippen LogP contribution is -2.28. The first-order valence-corrected chi connectivity index (χ1v) is 25.5. The molecular weight excluding hydrogens is 895 g/mol. The van der Waals surface area contributed by atoms with Crippen LogP contribution < -0.4 is 9.80 Å². The Bertz CT molecular complexity index is 4090. The molecule has 0 N–H and O–H groups in total. The number of benzene rings is 12. The fourth-order valence-corrected chi connectivity index (χ4v) is 12.0. The van der Waals surface area contributed by atoms with Gasteiger partial charge in [-0.25, -0.2) is 0 Å². The highest BCUT2D eigenvalue weighted by Crippen LogP contribution is 2.58. The van der Waals surface area contributed by atoms with Crippen LogP contribution in [0.2, 0.25) is 0 Å². The zero-order chi connectivity index (χ0) is 49.0. The topological polar surface area (TPSA) is 11.4 Å². The average molecular weight is 944 g/mol. The summed E-state index contributed by atoms with van der Waals surface area (Å²) >= 11 is 0. The summed E-state index contributed by atoms with van der Waals surface area (Å²) in [4.78, 5) is 4.91. The summed E-state index contributed by atoms with van der Waals surface area (Å²) < 4.78 is 2.47. The Morgan fingerprint density at radius 2 is 0.811 bits per heavy atom. The van der Waals surface area contributed by atoms with Crippen LogP contribution in [0.4, 0.5) is 34.1 Å². The number of hydrogen-bond acceptors (Lipinski definition) is 2. The number of para-hydroxylation sites is 4. The second-order valence-corrected chi connectivity index (χ2v) is 19.3. The highest BCUT2D eigenvalue weighted by Gasteiger charge is 2.46. The molecule has 0 saturated carbocycles. The highest BCUT2D eigenvalue weighted by atomic mass is 15.2. The van der Waals surface area contributed by atoms with Crippen LogP contribution in [-0.2, 0) is 5.41 Å². The quantitative estimate of drug-likeness (QED) is 0.135. The summed E-state index contributed by atoms with van der Waals surface area (Å²) in [5.74, 6) is 0. The molecule has 12 aromatic carbocycles. The van der Waals surface area contributed by atoms with Crippen molar-refractivity contribution < 1.29 is 0 Å². The summed E-state index contributed by atoms with van der Waals surface area (Å²) in [6, 6.07) is 109. The summed E-state index contributed by atoms with van der Waals surface area (Å²) in [6.07, 6.45) is 0. The predicted octanol–water partition coefficient (Wildman–Crippen LogP) is 18.9. The second-order valence-electron chi connectivity index (χ2n) is 19.3. The minimum Gasteiger partial charge on any atom is -0.310 e. The molecule has 0 fully saturated rings. The van der Waals surface area contributed by atoms with Gasteiger partial charge in [0.1, 0.15) is 0 Å². The van der Waals surface area contributed by atoms with Gasteiger partial charge in [-0.3, -0.25) is 0 Å². The van der Waals surface area contributed by atoms with E-state index in [0.29, 0.717) is 0 Å². The molecule has 0 spiro atoms. The number of nitrogens with zero attached hydrogens (tertiary/aromatic N) is 3. The van der Waals surface area contributed by atoms with Gasteiger partial charge in [0.05, 0.1) is 27.8 Å². The molecule has 0 aliphatic heterocycles. The van der Waals surface area contributed by atoms with Crippen molar-refractivity contribution in [2.75, 3.05) is 9.80 Å². The molecule has 0 radical (unpaired) electrons. The molecule has 1 heterocycles. The SMILES string of the molecule is c1ccc(-c2cccc(-n3c4ccccc4c4c(N(c5ccccc5)c5ccccc5)cc(N(c5ccccc5)c5ccc6c(c5)C(c5ccccc5)(c5ccccc5)c5cc7ccccc7cc5-6)cc43)c2)cc1. The van der Waals surface area contributed by atoms with E-state index >= 15 is 0 Å². The van der Waals surface area contributed by atoms with Gasteiger partial charge < -0.3 is 14.4 Å². The van der Waals surface area contributed by atoms with Crippen molar-refractivity contribution in [1.29, 1.82) is 0 Å². The van der Waals surface area contributed by atoms with Crippen molar-refractivity contribution in [3.8, 4) is 27.9 Å². The van der Waals surface area contributed by atoms with E-state index in [4.69, 9.17) is 0 Å². The van der Waals surface area contributed by atoms with Gasteiger partial charge in [-0.05, 0) is 146 Å². The van der Waals surface area contributed by atoms with Crippen molar-refractivity contribution in [2.24, 2.45) is 0 Å². The Morgan fingerprint density at radius 1 is 0.297 bits per heavy atom. The van der Waals surface area contributed by atoms with Gasteiger partial charge in [0, 0.05) is 39.2 Å². The minimum atomic E-state index is -0.613. The van der Waals surface area contributed by atoms with Gasteiger partial charge in [-0.15, -0.1) is 0 Å². The molecule has 13 aromatic rings. The van der Waals surface area contributed by atoms with Gasteiger partial charge in [0.2, 0.25) is 0 Å². The van der Waals surface area contributed by atoms with Crippen LogP contribution in [0.3, 0.4) is 0 Å². The van der Waals surface area contributed by atoms with Crippen LogP contribution in [0.5, 0.6) is 0 Å². The molecule has 1 aliphatic carbocycles. The van der Waals surface area contributed by atoms with Crippen molar-refractivity contribution >= 4 is 66.7 Å². The van der Waals surface area contributed by atoms with Gasteiger partial charge in [-0.2, -0.15) is 0 Å². The zero-order valence-electron chi connectivity index (χ0n) is 40.6. The van der Waals surface area contributed by atoms with Crippen molar-refractivity contribution in [1.82, 2.24) is 4.57 Å². The predicted molar refractivity (Wildman–Crippen MR) is 310 cm³/mol. The first-order chi connectivity index (χ1) is 36.7. The van der Waals surface area contributed by atoms with Crippen LogP contribution in [0.1, 0.15) is 22.3 Å². The van der Waals surface area contributed by atoms with E-state index in [1.165, 1.54) is 66.1 Å². The third kappa shape index (κ3) is 6.97. The Kier molecular flexibility index (Phi) is 10.4. The maximum atomic E-state index is 2.49. The van der Waals surface area contributed by atoms with Crippen LogP contribution >= 0.6 is 0 Å². The van der Waals surface area contributed by atoms with Crippen LogP contribution in [0, 0.1) is 0 Å². The van der Waals surface area contributed by atoms with E-state index in [1.807, 2.05) is 0 Å². The Morgan fingerprint density at radius 3 is 1.45 bits per heavy atom. The van der Waals surface area contributed by atoms with Crippen LogP contribution in [-0.4, -0.2) is 4.57 Å². The van der Waals surface area contributed by atoms with Gasteiger partial charge >= 0.3 is 0 Å². The number of hydrogen-bond donors (Lipinski definition) is 0. The van der Waals surface area contributed by atoms with E-state index < -0.39 is 5.41 Å². The molecule has 74 heavy (non-hydrogen) atoms. The minimum absolute atomic E-state index is 0.613. The third-order valence-corrected chi connectivity index (χ3v) is 15.1. The second kappa shape index (κ2) is 17.9. The molecule has 0 atom stereocenters. The number of anilines is 6. The molecule has 14 rings (SSSR count). The summed E-state index contributed by atoms with van der Waals surface area (Å²) in [5, 5.41) is 4.80. The van der Waals surface area contributed by atoms with E-state index in [1.54, 1.807) is 0 Å². The van der Waals surface area contributed by atoms with E-state index in [0.717, 1.165) is 50.8 Å². The lowest BCUT2D eigenvalue weighted by atomic mass is 9.67. The zero-order valence-corrected chi connectivity index (χ0v) is 40.6. The number of fused-ring (bicyclic) bond motifs is 7. The molecule has 348 valence electrons. The molecule has 0 amide bonds. The van der Waals surface area contributed by atoms with Crippen LogP contribution in [0.15, 0.2) is 297 Å². The third-order valence-electron chi connectivity index (χ3n) is 15.1. The van der Waals surface area contributed by atoms with Gasteiger partial charge in [-0.1, -0.05) is 206 Å². The molecule has 0 bridgehead atoms.